The third-order valence-corrected chi connectivity index (χ3v) is 2.54. The molecule has 52 valence electrons. The van der Waals surface area contributed by atoms with Crippen LogP contribution in [0.1, 0.15) is 0 Å². The molecule has 2 rings (SSSR count). The van der Waals surface area contributed by atoms with Crippen molar-refractivity contribution in [1.82, 2.24) is 4.37 Å². The minimum absolute atomic E-state index is 0.599. The Morgan fingerprint density at radius 2 is 2.50 bits per heavy atom. The van der Waals surface area contributed by atoms with Gasteiger partial charge in [-0.2, -0.15) is 4.37 Å². The molecule has 2 heterocycles. The van der Waals surface area contributed by atoms with Gasteiger partial charge in [-0.3, -0.25) is 0 Å². The maximum Gasteiger partial charge on any atom is 0.240 e. The van der Waals surface area contributed by atoms with Gasteiger partial charge in [0.1, 0.15) is 4.34 Å². The summed E-state index contributed by atoms with van der Waals surface area (Å²) in [5.41, 5.74) is 0.599. The molecule has 0 aliphatic carbocycles. The Balaban J connectivity index is 2.90. The topological polar surface area (TPSA) is 26.0 Å². The van der Waals surface area contributed by atoms with Gasteiger partial charge in [0.05, 0.1) is 5.39 Å². The highest BCUT2D eigenvalue weighted by Crippen LogP contribution is 2.31. The molecule has 0 unspecified atom stereocenters. The zero-order chi connectivity index (χ0) is 7.14. The zero-order valence-corrected chi connectivity index (χ0v) is 7.76. The molecule has 0 aromatic carbocycles. The average molecular weight is 238 g/mol. The highest BCUT2D eigenvalue weighted by atomic mass is 79.9. The first kappa shape index (κ1) is 6.64. The molecular weight excluding hydrogens is 237 g/mol. The van der Waals surface area contributed by atoms with Gasteiger partial charge >= 0.3 is 0 Å². The van der Waals surface area contributed by atoms with Gasteiger partial charge in [-0.05, 0) is 27.5 Å². The van der Waals surface area contributed by atoms with E-state index in [9.17, 15) is 0 Å². The van der Waals surface area contributed by atoms with Crippen LogP contribution in [0.5, 0.6) is 0 Å². The van der Waals surface area contributed by atoms with Crippen LogP contribution >= 0.6 is 39.1 Å². The van der Waals surface area contributed by atoms with Gasteiger partial charge in [0.25, 0.3) is 0 Å². The van der Waals surface area contributed by atoms with E-state index in [-0.39, 0.29) is 0 Å². The van der Waals surface area contributed by atoms with Crippen LogP contribution in [-0.2, 0) is 0 Å². The number of halogens is 2. The third kappa shape index (κ3) is 0.872. The van der Waals surface area contributed by atoms with Crippen LogP contribution in [0.15, 0.2) is 15.2 Å². The van der Waals surface area contributed by atoms with Crippen LogP contribution in [0.25, 0.3) is 11.1 Å². The van der Waals surface area contributed by atoms with Crippen LogP contribution in [0.3, 0.4) is 0 Å². The molecule has 0 radical (unpaired) electrons. The van der Waals surface area contributed by atoms with Crippen LogP contribution in [-0.4, -0.2) is 4.37 Å². The van der Waals surface area contributed by atoms with Crippen molar-refractivity contribution in [3.05, 3.63) is 15.1 Å². The summed E-state index contributed by atoms with van der Waals surface area (Å²) < 4.78 is 10.4. The van der Waals surface area contributed by atoms with Crippen molar-refractivity contribution in [3.8, 4) is 0 Å². The summed E-state index contributed by atoms with van der Waals surface area (Å²) in [6.07, 6.45) is 0. The Kier molecular flexibility index (Phi) is 1.47. The molecule has 0 spiro atoms. The number of hydrogen-bond acceptors (Lipinski definition) is 3. The first-order chi connectivity index (χ1) is 4.77. The summed E-state index contributed by atoms with van der Waals surface area (Å²) in [6.45, 7) is 0. The molecule has 10 heavy (non-hydrogen) atoms. The van der Waals surface area contributed by atoms with E-state index >= 15 is 0 Å². The fourth-order valence-electron chi connectivity index (χ4n) is 0.691. The van der Waals surface area contributed by atoms with Gasteiger partial charge in [-0.1, -0.05) is 11.6 Å². The largest absolute Gasteiger partial charge is 0.430 e. The maximum absolute atomic E-state index is 5.76. The lowest BCUT2D eigenvalue weighted by molar-refractivity contribution is 0.579. The summed E-state index contributed by atoms with van der Waals surface area (Å²) in [4.78, 5) is 0. The SMILES string of the molecule is Clc1snc2oc(Br)cc12. The van der Waals surface area contributed by atoms with E-state index in [2.05, 4.69) is 20.3 Å². The van der Waals surface area contributed by atoms with Gasteiger partial charge in [0, 0.05) is 6.07 Å². The highest BCUT2D eigenvalue weighted by Gasteiger charge is 2.07. The second kappa shape index (κ2) is 2.22. The third-order valence-electron chi connectivity index (χ3n) is 1.10. The lowest BCUT2D eigenvalue weighted by Crippen LogP contribution is -1.49. The van der Waals surface area contributed by atoms with E-state index in [1.54, 1.807) is 6.07 Å². The van der Waals surface area contributed by atoms with E-state index in [1.807, 2.05) is 0 Å². The number of aromatic nitrogens is 1. The van der Waals surface area contributed by atoms with E-state index < -0.39 is 0 Å². The van der Waals surface area contributed by atoms with E-state index in [4.69, 9.17) is 16.0 Å². The van der Waals surface area contributed by atoms with E-state index in [0.29, 0.717) is 14.7 Å². The summed E-state index contributed by atoms with van der Waals surface area (Å²) in [5.74, 6) is 0. The molecule has 0 bridgehead atoms. The Labute approximate surface area is 74.1 Å². The summed E-state index contributed by atoms with van der Waals surface area (Å²) in [7, 11) is 0. The summed E-state index contributed by atoms with van der Waals surface area (Å²) >= 11 is 10.2. The molecule has 5 heteroatoms. The standard InChI is InChI=1S/C5HBrClNOS/c6-3-1-2-4(7)10-8-5(2)9-3/h1H. The monoisotopic (exact) mass is 237 g/mol. The second-order valence-corrected chi connectivity index (χ2v) is 3.88. The molecule has 0 atom stereocenters. The molecule has 0 amide bonds. The zero-order valence-electron chi connectivity index (χ0n) is 4.60. The van der Waals surface area contributed by atoms with Gasteiger partial charge in [-0.25, -0.2) is 0 Å². The lowest BCUT2D eigenvalue weighted by atomic mass is 10.5. The molecular formula is C5HBrClNOS. The van der Waals surface area contributed by atoms with Crippen molar-refractivity contribution in [3.63, 3.8) is 0 Å². The average Bonchev–Trinajstić information content (AvgIpc) is 2.35. The normalized spacial score (nSPS) is 11.0. The molecule has 0 aliphatic heterocycles. The first-order valence-corrected chi connectivity index (χ1v) is 4.42. The Morgan fingerprint density at radius 1 is 1.70 bits per heavy atom. The van der Waals surface area contributed by atoms with Crippen LogP contribution in [0.4, 0.5) is 0 Å². The lowest BCUT2D eigenvalue weighted by Gasteiger charge is -1.71. The Hall–Kier alpha value is -0.0600. The molecule has 0 fully saturated rings. The summed E-state index contributed by atoms with van der Waals surface area (Å²) in [6, 6.07) is 1.81. The molecule has 0 N–H and O–H groups in total. The van der Waals surface area contributed by atoms with Crippen LogP contribution < -0.4 is 0 Å². The first-order valence-electron chi connectivity index (χ1n) is 2.47. The van der Waals surface area contributed by atoms with E-state index in [1.165, 1.54) is 11.5 Å². The van der Waals surface area contributed by atoms with Crippen molar-refractivity contribution in [2.75, 3.05) is 0 Å². The van der Waals surface area contributed by atoms with Crippen molar-refractivity contribution in [2.24, 2.45) is 0 Å². The molecule has 0 aliphatic rings. The van der Waals surface area contributed by atoms with Crippen molar-refractivity contribution >= 4 is 50.2 Å². The minimum Gasteiger partial charge on any atom is -0.430 e. The van der Waals surface area contributed by atoms with Crippen molar-refractivity contribution in [1.29, 1.82) is 0 Å². The Bertz CT molecular complexity index is 368. The number of fused-ring (bicyclic) bond motifs is 1. The van der Waals surface area contributed by atoms with E-state index in [0.717, 1.165) is 5.39 Å². The van der Waals surface area contributed by atoms with Gasteiger partial charge in [0.2, 0.25) is 5.71 Å². The number of furan rings is 1. The number of rotatable bonds is 0. The van der Waals surface area contributed by atoms with Crippen molar-refractivity contribution in [2.45, 2.75) is 0 Å². The van der Waals surface area contributed by atoms with Gasteiger partial charge in [-0.15, -0.1) is 0 Å². The van der Waals surface area contributed by atoms with Gasteiger partial charge in [0.15, 0.2) is 4.67 Å². The van der Waals surface area contributed by atoms with Gasteiger partial charge < -0.3 is 4.42 Å². The molecule has 0 saturated carbocycles. The highest BCUT2D eigenvalue weighted by molar-refractivity contribution is 9.10. The number of hydrogen-bond donors (Lipinski definition) is 0. The fourth-order valence-corrected chi connectivity index (χ4v) is 1.86. The number of nitrogens with zero attached hydrogens (tertiary/aromatic N) is 1. The molecule has 2 nitrogen and oxygen atoms in total. The predicted molar refractivity (Wildman–Crippen MR) is 44.6 cm³/mol. The molecule has 0 saturated heterocycles. The molecule has 2 aromatic heterocycles. The second-order valence-electron chi connectivity index (χ2n) is 1.73. The maximum atomic E-state index is 5.76. The predicted octanol–water partition coefficient (Wildman–Crippen LogP) is 3.31. The summed E-state index contributed by atoms with van der Waals surface area (Å²) in [5, 5.41) is 0.874. The smallest absolute Gasteiger partial charge is 0.240 e. The Morgan fingerprint density at radius 3 is 3.20 bits per heavy atom. The fraction of sp³-hybridized carbons (Fsp3) is 0. The van der Waals surface area contributed by atoms with Crippen LogP contribution in [0, 0.1) is 0 Å². The molecule has 2 aromatic rings. The van der Waals surface area contributed by atoms with Crippen molar-refractivity contribution < 1.29 is 4.42 Å². The van der Waals surface area contributed by atoms with Crippen LogP contribution in [0.2, 0.25) is 4.34 Å². The minimum atomic E-state index is 0.599. The quantitative estimate of drug-likeness (QED) is 0.704.